The molecule has 0 saturated carbocycles. The van der Waals surface area contributed by atoms with Crippen LogP contribution in [0, 0.1) is 11.8 Å². The fraction of sp³-hybridized carbons (Fsp3) is 1.00. The first-order chi connectivity index (χ1) is 14.7. The highest BCUT2D eigenvalue weighted by atomic mass is 16.6. The van der Waals surface area contributed by atoms with Crippen LogP contribution >= 0.6 is 0 Å². The Labute approximate surface area is 190 Å². The van der Waals surface area contributed by atoms with Crippen molar-refractivity contribution in [3.05, 3.63) is 0 Å². The maximum Gasteiger partial charge on any atom is 0.184 e. The average Bonchev–Trinajstić information content (AvgIpc) is 2.73. The minimum Gasteiger partial charge on any atom is -0.400 e. The molecule has 1 rings (SSSR count). The van der Waals surface area contributed by atoms with Gasteiger partial charge in [0.1, 0.15) is 30.5 Å². The number of rotatable bonds is 10. The molecular weight excluding hydrogens is 428 g/mol. The minimum atomic E-state index is -1.90. The van der Waals surface area contributed by atoms with Crippen LogP contribution in [-0.2, 0) is 14.2 Å². The topological polar surface area (TPSA) is 190 Å². The van der Waals surface area contributed by atoms with Gasteiger partial charge >= 0.3 is 0 Å². The molecule has 10 unspecified atom stereocenters. The molecule has 0 aromatic heterocycles. The third-order valence-electron chi connectivity index (χ3n) is 5.29. The van der Waals surface area contributed by atoms with Crippen molar-refractivity contribution in [2.24, 2.45) is 11.8 Å². The molecule has 0 amide bonds. The van der Waals surface area contributed by atoms with Gasteiger partial charge in [0, 0.05) is 13.0 Å². The van der Waals surface area contributed by atoms with E-state index in [0.717, 1.165) is 7.11 Å². The highest BCUT2D eigenvalue weighted by molar-refractivity contribution is 4.95. The molecule has 1 fully saturated rings. The maximum absolute atomic E-state index is 10.7. The summed E-state index contributed by atoms with van der Waals surface area (Å²) >= 11 is 0. The van der Waals surface area contributed by atoms with Gasteiger partial charge in [-0.3, -0.25) is 0 Å². The Morgan fingerprint density at radius 3 is 1.88 bits per heavy atom. The van der Waals surface area contributed by atoms with Crippen molar-refractivity contribution in [3.63, 3.8) is 0 Å². The molecule has 11 nitrogen and oxygen atoms in total. The van der Waals surface area contributed by atoms with Gasteiger partial charge in [-0.1, -0.05) is 20.8 Å². The molecule has 0 radical (unpaired) electrons. The predicted octanol–water partition coefficient (Wildman–Crippen LogP) is -2.03. The lowest BCUT2D eigenvalue weighted by atomic mass is 9.89. The third kappa shape index (κ3) is 8.73. The Hall–Kier alpha value is -0.440. The average molecular weight is 473 g/mol. The van der Waals surface area contributed by atoms with Crippen molar-refractivity contribution in [1.82, 2.24) is 0 Å². The monoisotopic (exact) mass is 472 g/mol. The SMILES string of the molecule is CC(C)C1OC(CO)C(O)C(OC(O)C(O)C(OC(C)(C)C)C(C)C(O)CO)C1O.CO. The smallest absolute Gasteiger partial charge is 0.184 e. The lowest BCUT2D eigenvalue weighted by Crippen LogP contribution is -2.62. The number of hydrogen-bond acceptors (Lipinski definition) is 11. The second kappa shape index (κ2) is 14.1. The summed E-state index contributed by atoms with van der Waals surface area (Å²) in [6, 6.07) is 0. The van der Waals surface area contributed by atoms with Gasteiger partial charge in [0.05, 0.1) is 37.1 Å². The van der Waals surface area contributed by atoms with Crippen LogP contribution in [0.25, 0.3) is 0 Å². The summed E-state index contributed by atoms with van der Waals surface area (Å²) in [4.78, 5) is 0. The molecule has 1 aliphatic heterocycles. The lowest BCUT2D eigenvalue weighted by molar-refractivity contribution is -0.303. The molecule has 10 atom stereocenters. The van der Waals surface area contributed by atoms with Gasteiger partial charge in [0.15, 0.2) is 6.29 Å². The van der Waals surface area contributed by atoms with Gasteiger partial charge in [0.2, 0.25) is 0 Å². The summed E-state index contributed by atoms with van der Waals surface area (Å²) in [7, 11) is 1.00. The van der Waals surface area contributed by atoms with E-state index >= 15 is 0 Å². The van der Waals surface area contributed by atoms with Gasteiger partial charge in [-0.2, -0.15) is 0 Å². The zero-order valence-electron chi connectivity index (χ0n) is 20.1. The Bertz CT molecular complexity index is 499. The van der Waals surface area contributed by atoms with Crippen molar-refractivity contribution in [3.8, 4) is 0 Å². The van der Waals surface area contributed by atoms with Crippen LogP contribution in [0.3, 0.4) is 0 Å². The highest BCUT2D eigenvalue weighted by Gasteiger charge is 2.48. The summed E-state index contributed by atoms with van der Waals surface area (Å²) < 4.78 is 16.8. The summed E-state index contributed by atoms with van der Waals surface area (Å²) in [5.41, 5.74) is -0.753. The zero-order chi connectivity index (χ0) is 25.4. The van der Waals surface area contributed by atoms with E-state index < -0.39 is 79.9 Å². The third-order valence-corrected chi connectivity index (χ3v) is 5.29. The first-order valence-corrected chi connectivity index (χ1v) is 10.8. The maximum atomic E-state index is 10.7. The number of ether oxygens (including phenoxy) is 3. The molecule has 0 aliphatic carbocycles. The molecule has 1 heterocycles. The van der Waals surface area contributed by atoms with Gasteiger partial charge in [-0.15, -0.1) is 0 Å². The van der Waals surface area contributed by atoms with E-state index in [0.29, 0.717) is 0 Å². The largest absolute Gasteiger partial charge is 0.400 e. The van der Waals surface area contributed by atoms with E-state index in [-0.39, 0.29) is 5.92 Å². The van der Waals surface area contributed by atoms with E-state index in [2.05, 4.69) is 0 Å². The van der Waals surface area contributed by atoms with E-state index in [1.165, 1.54) is 0 Å². The Balaban J connectivity index is 0.00000466. The van der Waals surface area contributed by atoms with Crippen molar-refractivity contribution in [2.45, 2.75) is 102 Å². The molecule has 11 heteroatoms. The van der Waals surface area contributed by atoms with Crippen LogP contribution in [0.2, 0.25) is 0 Å². The predicted molar refractivity (Wildman–Crippen MR) is 115 cm³/mol. The van der Waals surface area contributed by atoms with Gasteiger partial charge in [-0.05, 0) is 26.7 Å². The fourth-order valence-corrected chi connectivity index (χ4v) is 3.51. The van der Waals surface area contributed by atoms with Crippen molar-refractivity contribution >= 4 is 0 Å². The van der Waals surface area contributed by atoms with E-state index in [1.54, 1.807) is 41.5 Å². The van der Waals surface area contributed by atoms with E-state index in [9.17, 15) is 35.7 Å². The fourth-order valence-electron chi connectivity index (χ4n) is 3.51. The molecule has 32 heavy (non-hydrogen) atoms. The van der Waals surface area contributed by atoms with Crippen molar-refractivity contribution < 1.29 is 55.1 Å². The van der Waals surface area contributed by atoms with Gasteiger partial charge in [0.25, 0.3) is 0 Å². The van der Waals surface area contributed by atoms with Crippen LogP contribution in [-0.4, -0.2) is 122 Å². The van der Waals surface area contributed by atoms with Gasteiger partial charge in [-0.25, -0.2) is 0 Å². The quantitative estimate of drug-likeness (QED) is 0.164. The van der Waals surface area contributed by atoms with Crippen LogP contribution in [0.5, 0.6) is 0 Å². The van der Waals surface area contributed by atoms with Crippen molar-refractivity contribution in [2.75, 3.05) is 20.3 Å². The Kier molecular flexibility index (Phi) is 13.9. The standard InChI is InChI=1S/C20H40O10.CH4O/c1-9(2)16-14(25)18(13(24)12(8-22)28-16)29-19(27)15(26)17(30-20(4,5)6)10(3)11(23)7-21;1-2/h9-19,21-27H,7-8H2,1-6H3;2H,1H3. The lowest BCUT2D eigenvalue weighted by Gasteiger charge is -2.45. The van der Waals surface area contributed by atoms with Crippen LogP contribution in [0.15, 0.2) is 0 Å². The number of hydrogen-bond donors (Lipinski definition) is 8. The molecule has 0 bridgehead atoms. The molecule has 1 aliphatic rings. The molecule has 0 spiro atoms. The van der Waals surface area contributed by atoms with Crippen LogP contribution < -0.4 is 0 Å². The molecule has 194 valence electrons. The summed E-state index contributed by atoms with van der Waals surface area (Å²) in [6.07, 6.45) is -11.9. The summed E-state index contributed by atoms with van der Waals surface area (Å²) in [5.74, 6) is -0.952. The molecule has 0 aromatic rings. The first-order valence-electron chi connectivity index (χ1n) is 10.8. The van der Waals surface area contributed by atoms with Gasteiger partial charge < -0.3 is 55.1 Å². The molecule has 0 aromatic carbocycles. The Morgan fingerprint density at radius 2 is 1.47 bits per heavy atom. The first kappa shape index (κ1) is 31.6. The molecular formula is C21H44O11. The molecule has 8 N–H and O–H groups in total. The minimum absolute atomic E-state index is 0.175. The second-order valence-electron chi connectivity index (χ2n) is 9.33. The van der Waals surface area contributed by atoms with Crippen LogP contribution in [0.4, 0.5) is 0 Å². The normalized spacial score (nSPS) is 31.3. The summed E-state index contributed by atoms with van der Waals surface area (Å²) in [6.45, 7) is 9.20. The van der Waals surface area contributed by atoms with E-state index in [1.807, 2.05) is 0 Å². The van der Waals surface area contributed by atoms with E-state index in [4.69, 9.17) is 19.3 Å². The Morgan fingerprint density at radius 1 is 0.938 bits per heavy atom. The summed E-state index contributed by atoms with van der Waals surface area (Å²) in [5, 5.41) is 78.0. The highest BCUT2D eigenvalue weighted by Crippen LogP contribution is 2.30. The second-order valence-corrected chi connectivity index (χ2v) is 9.33. The molecule has 1 saturated heterocycles. The van der Waals surface area contributed by atoms with Crippen LogP contribution in [0.1, 0.15) is 41.5 Å². The number of aliphatic hydroxyl groups excluding tert-OH is 8. The number of aliphatic hydroxyl groups is 8. The zero-order valence-corrected chi connectivity index (χ0v) is 20.1. The van der Waals surface area contributed by atoms with Crippen molar-refractivity contribution in [1.29, 1.82) is 0 Å².